The Morgan fingerprint density at radius 3 is 2.42 bits per heavy atom. The molecule has 0 fully saturated rings. The van der Waals surface area contributed by atoms with Crippen molar-refractivity contribution in [2.75, 3.05) is 7.11 Å². The summed E-state index contributed by atoms with van der Waals surface area (Å²) in [5.74, 6) is -0.846. The van der Waals surface area contributed by atoms with Gasteiger partial charge in [-0.25, -0.2) is 4.79 Å². The van der Waals surface area contributed by atoms with Crippen LogP contribution >= 0.6 is 31.9 Å². The van der Waals surface area contributed by atoms with Gasteiger partial charge in [0.15, 0.2) is 0 Å². The van der Waals surface area contributed by atoms with E-state index in [0.717, 1.165) is 8.95 Å². The third-order valence-corrected chi connectivity index (χ3v) is 3.23. The van der Waals surface area contributed by atoms with Gasteiger partial charge >= 0.3 is 5.97 Å². The second-order valence-corrected chi connectivity index (χ2v) is 5.56. The first-order chi connectivity index (χ1) is 8.97. The van der Waals surface area contributed by atoms with Gasteiger partial charge in [0.25, 0.3) is 5.91 Å². The smallest absolute Gasteiger partial charge is 0.328 e. The molecule has 0 aliphatic carbocycles. The fourth-order valence-corrected chi connectivity index (χ4v) is 2.74. The highest BCUT2D eigenvalue weighted by Gasteiger charge is 2.20. The molecule has 1 rings (SSSR count). The molecule has 0 aliphatic rings. The first kappa shape index (κ1) is 15.9. The lowest BCUT2D eigenvalue weighted by atomic mass is 10.1. The van der Waals surface area contributed by atoms with Crippen molar-refractivity contribution in [1.29, 1.82) is 0 Å². The second-order valence-electron chi connectivity index (χ2n) is 3.73. The van der Waals surface area contributed by atoms with E-state index in [-0.39, 0.29) is 5.91 Å². The molecule has 1 atom stereocenters. The van der Waals surface area contributed by atoms with E-state index in [4.69, 9.17) is 0 Å². The number of carbonyl (C=O) groups is 2. The molecule has 0 saturated heterocycles. The van der Waals surface area contributed by atoms with Crippen LogP contribution in [0.2, 0.25) is 0 Å². The van der Waals surface area contributed by atoms with Gasteiger partial charge in [0.2, 0.25) is 0 Å². The minimum absolute atomic E-state index is 0.313. The highest BCUT2D eigenvalue weighted by atomic mass is 79.9. The molecule has 1 N–H and O–H groups in total. The van der Waals surface area contributed by atoms with E-state index < -0.39 is 12.0 Å². The van der Waals surface area contributed by atoms with Crippen LogP contribution < -0.4 is 5.32 Å². The lowest BCUT2D eigenvalue weighted by Gasteiger charge is -2.15. The predicted molar refractivity (Wildman–Crippen MR) is 79.9 cm³/mol. The van der Waals surface area contributed by atoms with Crippen LogP contribution in [0.4, 0.5) is 0 Å². The molecule has 0 aromatic heterocycles. The van der Waals surface area contributed by atoms with Crippen molar-refractivity contribution in [1.82, 2.24) is 5.32 Å². The van der Waals surface area contributed by atoms with Crippen molar-refractivity contribution >= 4 is 43.7 Å². The van der Waals surface area contributed by atoms with E-state index >= 15 is 0 Å². The number of amides is 1. The van der Waals surface area contributed by atoms with Gasteiger partial charge in [0, 0.05) is 14.5 Å². The van der Waals surface area contributed by atoms with Crippen LogP contribution in [0.25, 0.3) is 0 Å². The Hall–Kier alpha value is -1.14. The van der Waals surface area contributed by atoms with E-state index in [2.05, 4.69) is 48.5 Å². The summed E-state index contributed by atoms with van der Waals surface area (Å²) in [5, 5.41) is 2.61. The number of nitrogens with one attached hydrogen (secondary N) is 1. The molecule has 6 heteroatoms. The van der Waals surface area contributed by atoms with Gasteiger partial charge in [-0.3, -0.25) is 4.79 Å². The number of halogens is 2. The molecular weight excluding hydrogens is 378 g/mol. The van der Waals surface area contributed by atoms with E-state index in [1.807, 2.05) is 6.07 Å². The van der Waals surface area contributed by atoms with Gasteiger partial charge in [0.05, 0.1) is 7.11 Å². The Labute approximate surface area is 128 Å². The topological polar surface area (TPSA) is 55.4 Å². The lowest BCUT2D eigenvalue weighted by molar-refractivity contribution is -0.142. The Balaban J connectivity index is 2.87. The van der Waals surface area contributed by atoms with E-state index in [0.29, 0.717) is 12.0 Å². The number of ether oxygens (including phenoxy) is 1. The molecule has 0 saturated carbocycles. The molecule has 0 radical (unpaired) electrons. The van der Waals surface area contributed by atoms with Gasteiger partial charge < -0.3 is 10.1 Å². The maximum atomic E-state index is 12.1. The zero-order valence-electron chi connectivity index (χ0n) is 10.3. The van der Waals surface area contributed by atoms with Gasteiger partial charge in [-0.1, -0.05) is 37.9 Å². The summed E-state index contributed by atoms with van der Waals surface area (Å²) in [6.07, 6.45) is 1.87. The molecule has 0 heterocycles. The SMILES string of the molecule is C=CC[C@@H](NC(=O)c1cc(Br)cc(Br)c1)C(=O)OC. The number of methoxy groups -OCH3 is 1. The molecule has 0 bridgehead atoms. The van der Waals surface area contributed by atoms with Crippen LogP contribution in [0, 0.1) is 0 Å². The van der Waals surface area contributed by atoms with Crippen molar-refractivity contribution in [3.63, 3.8) is 0 Å². The van der Waals surface area contributed by atoms with Gasteiger partial charge in [-0.2, -0.15) is 0 Å². The number of rotatable bonds is 5. The van der Waals surface area contributed by atoms with Crippen molar-refractivity contribution in [3.8, 4) is 0 Å². The average Bonchev–Trinajstić information content (AvgIpc) is 2.36. The molecule has 1 aromatic carbocycles. The maximum Gasteiger partial charge on any atom is 0.328 e. The zero-order chi connectivity index (χ0) is 14.4. The fourth-order valence-electron chi connectivity index (χ4n) is 1.45. The molecule has 0 aliphatic heterocycles. The summed E-state index contributed by atoms with van der Waals surface area (Å²) in [6.45, 7) is 3.55. The third kappa shape index (κ3) is 4.80. The Bertz CT molecular complexity index is 482. The average molecular weight is 391 g/mol. The molecule has 19 heavy (non-hydrogen) atoms. The maximum absolute atomic E-state index is 12.1. The van der Waals surface area contributed by atoms with Crippen molar-refractivity contribution in [2.45, 2.75) is 12.5 Å². The number of hydrogen-bond donors (Lipinski definition) is 1. The predicted octanol–water partition coefficient (Wildman–Crippen LogP) is 3.06. The Kier molecular flexibility index (Phi) is 6.24. The Morgan fingerprint density at radius 2 is 1.95 bits per heavy atom. The molecular formula is C13H13Br2NO3. The van der Waals surface area contributed by atoms with E-state index in [9.17, 15) is 9.59 Å². The third-order valence-electron chi connectivity index (χ3n) is 2.32. The second kappa shape index (κ2) is 7.45. The van der Waals surface area contributed by atoms with E-state index in [1.54, 1.807) is 18.2 Å². The summed E-state index contributed by atoms with van der Waals surface area (Å²) >= 11 is 6.61. The highest BCUT2D eigenvalue weighted by molar-refractivity contribution is 9.11. The van der Waals surface area contributed by atoms with Gasteiger partial charge in [-0.15, -0.1) is 6.58 Å². The number of carbonyl (C=O) groups excluding carboxylic acids is 2. The molecule has 0 unspecified atom stereocenters. The molecule has 0 spiro atoms. The van der Waals surface area contributed by atoms with Crippen molar-refractivity contribution in [2.24, 2.45) is 0 Å². The van der Waals surface area contributed by atoms with Gasteiger partial charge in [-0.05, 0) is 24.6 Å². The molecule has 1 aromatic rings. The number of hydrogen-bond acceptors (Lipinski definition) is 3. The van der Waals surface area contributed by atoms with Crippen molar-refractivity contribution < 1.29 is 14.3 Å². The first-order valence-electron chi connectivity index (χ1n) is 5.43. The minimum Gasteiger partial charge on any atom is -0.467 e. The lowest BCUT2D eigenvalue weighted by Crippen LogP contribution is -2.41. The quantitative estimate of drug-likeness (QED) is 0.620. The summed E-state index contributed by atoms with van der Waals surface area (Å²) in [7, 11) is 1.28. The van der Waals surface area contributed by atoms with Gasteiger partial charge in [0.1, 0.15) is 6.04 Å². The fraction of sp³-hybridized carbons (Fsp3) is 0.231. The standard InChI is InChI=1S/C13H13Br2NO3/c1-3-4-11(13(18)19-2)16-12(17)8-5-9(14)7-10(15)6-8/h3,5-7,11H,1,4H2,2H3,(H,16,17)/t11-/m1/s1. The highest BCUT2D eigenvalue weighted by Crippen LogP contribution is 2.20. The summed E-state index contributed by atoms with van der Waals surface area (Å²) in [6, 6.07) is 4.43. The molecule has 4 nitrogen and oxygen atoms in total. The Morgan fingerprint density at radius 1 is 1.37 bits per heavy atom. The minimum atomic E-state index is -0.729. The molecule has 1 amide bonds. The molecule has 102 valence electrons. The van der Waals surface area contributed by atoms with Crippen LogP contribution in [-0.4, -0.2) is 25.0 Å². The van der Waals surface area contributed by atoms with Crippen LogP contribution in [0.3, 0.4) is 0 Å². The first-order valence-corrected chi connectivity index (χ1v) is 7.02. The van der Waals surface area contributed by atoms with Crippen LogP contribution in [0.15, 0.2) is 39.8 Å². The van der Waals surface area contributed by atoms with Crippen molar-refractivity contribution in [3.05, 3.63) is 45.4 Å². The summed E-state index contributed by atoms with van der Waals surface area (Å²) in [5.41, 5.74) is 0.444. The summed E-state index contributed by atoms with van der Waals surface area (Å²) in [4.78, 5) is 23.6. The van der Waals surface area contributed by atoms with E-state index in [1.165, 1.54) is 7.11 Å². The van der Waals surface area contributed by atoms with Crippen LogP contribution in [-0.2, 0) is 9.53 Å². The number of benzene rings is 1. The summed E-state index contributed by atoms with van der Waals surface area (Å²) < 4.78 is 6.17. The normalized spacial score (nSPS) is 11.5. The van der Waals surface area contributed by atoms with Crippen LogP contribution in [0.5, 0.6) is 0 Å². The zero-order valence-corrected chi connectivity index (χ0v) is 13.5. The largest absolute Gasteiger partial charge is 0.467 e. The number of esters is 1. The van der Waals surface area contributed by atoms with Crippen LogP contribution in [0.1, 0.15) is 16.8 Å². The monoisotopic (exact) mass is 389 g/mol.